The molecule has 0 radical (unpaired) electrons. The van der Waals surface area contributed by atoms with Gasteiger partial charge in [0.1, 0.15) is 0 Å². The molecule has 4 aromatic carbocycles. The molecule has 7 rings (SSSR count). The molecule has 2 N–H and O–H groups in total. The highest BCUT2D eigenvalue weighted by Gasteiger charge is 2.42. The average Bonchev–Trinajstić information content (AvgIpc) is 3.10. The van der Waals surface area contributed by atoms with E-state index in [0.29, 0.717) is 17.7 Å². The zero-order chi connectivity index (χ0) is 35.0. The summed E-state index contributed by atoms with van der Waals surface area (Å²) in [4.78, 5) is 38.4. The van der Waals surface area contributed by atoms with Gasteiger partial charge in [0.15, 0.2) is 0 Å². The number of benzene rings is 4. The summed E-state index contributed by atoms with van der Waals surface area (Å²) in [7, 11) is 0. The van der Waals surface area contributed by atoms with E-state index < -0.39 is 0 Å². The Hall–Kier alpha value is -5.36. The van der Waals surface area contributed by atoms with Crippen molar-refractivity contribution in [3.05, 3.63) is 131 Å². The third-order valence-corrected chi connectivity index (χ3v) is 10.3. The van der Waals surface area contributed by atoms with E-state index >= 15 is 0 Å². The van der Waals surface area contributed by atoms with Gasteiger partial charge in [0.05, 0.1) is 33.5 Å². The predicted octanol–water partition coefficient (Wildman–Crippen LogP) is 9.48. The first-order valence-electron chi connectivity index (χ1n) is 17.5. The molecule has 50 heavy (non-hydrogen) atoms. The molecule has 2 unspecified atom stereocenters. The molecular formula is C44H44N4O2. The number of pyridine rings is 2. The third kappa shape index (κ3) is 6.50. The van der Waals surface area contributed by atoms with Gasteiger partial charge < -0.3 is 10.6 Å². The minimum absolute atomic E-state index is 0.0417. The number of carbonyl (C=O) groups excluding carboxylic acids is 2. The van der Waals surface area contributed by atoms with Crippen LogP contribution in [0.1, 0.15) is 71.9 Å². The van der Waals surface area contributed by atoms with Gasteiger partial charge in [-0.2, -0.15) is 0 Å². The SMILES string of the molecule is Cc1c(-c2ccccc2)nc2ccccc2c1C(=O)NCC1(C)CC(NC(=O)c2c(C)c(-c3ccccc3)nc3ccccc23)CC(C)(C)C1. The fourth-order valence-corrected chi connectivity index (χ4v) is 8.46. The van der Waals surface area contributed by atoms with Gasteiger partial charge in [-0.25, -0.2) is 9.97 Å². The summed E-state index contributed by atoms with van der Waals surface area (Å²) in [6.07, 6.45) is 2.53. The molecule has 0 spiro atoms. The van der Waals surface area contributed by atoms with Crippen LogP contribution in [0.15, 0.2) is 109 Å². The lowest BCUT2D eigenvalue weighted by Gasteiger charge is -2.47. The lowest BCUT2D eigenvalue weighted by molar-refractivity contribution is 0.0592. The molecule has 1 aliphatic carbocycles. The van der Waals surface area contributed by atoms with Crippen LogP contribution in [0.2, 0.25) is 0 Å². The van der Waals surface area contributed by atoms with Gasteiger partial charge in [0.25, 0.3) is 11.8 Å². The van der Waals surface area contributed by atoms with E-state index in [-0.39, 0.29) is 28.7 Å². The molecule has 0 bridgehead atoms. The summed E-state index contributed by atoms with van der Waals surface area (Å²) in [6.45, 7) is 11.2. The first-order valence-corrected chi connectivity index (χ1v) is 17.5. The van der Waals surface area contributed by atoms with Crippen molar-refractivity contribution in [1.82, 2.24) is 20.6 Å². The second-order valence-electron chi connectivity index (χ2n) is 15.1. The first-order chi connectivity index (χ1) is 24.0. The summed E-state index contributed by atoms with van der Waals surface area (Å²) in [6, 6.07) is 35.8. The van der Waals surface area contributed by atoms with Crippen molar-refractivity contribution in [3.63, 3.8) is 0 Å². The maximum Gasteiger partial charge on any atom is 0.252 e. The van der Waals surface area contributed by atoms with Crippen LogP contribution in [0.5, 0.6) is 0 Å². The predicted molar refractivity (Wildman–Crippen MR) is 203 cm³/mol. The van der Waals surface area contributed by atoms with Gasteiger partial charge in [-0.05, 0) is 67.2 Å². The maximum absolute atomic E-state index is 14.3. The van der Waals surface area contributed by atoms with Gasteiger partial charge in [-0.1, -0.05) is 118 Å². The highest BCUT2D eigenvalue weighted by molar-refractivity contribution is 6.10. The van der Waals surface area contributed by atoms with Crippen LogP contribution in [0.25, 0.3) is 44.3 Å². The van der Waals surface area contributed by atoms with Crippen molar-refractivity contribution in [2.45, 2.75) is 59.9 Å². The van der Waals surface area contributed by atoms with Crippen LogP contribution in [-0.2, 0) is 0 Å². The van der Waals surface area contributed by atoms with Crippen molar-refractivity contribution < 1.29 is 9.59 Å². The van der Waals surface area contributed by atoms with Crippen LogP contribution >= 0.6 is 0 Å². The number of rotatable bonds is 7. The molecule has 1 saturated carbocycles. The summed E-state index contributed by atoms with van der Waals surface area (Å²) in [5.41, 5.74) is 7.98. The van der Waals surface area contributed by atoms with Crippen LogP contribution in [-0.4, -0.2) is 34.4 Å². The largest absolute Gasteiger partial charge is 0.351 e. The Balaban J connectivity index is 1.15. The molecule has 2 amide bonds. The summed E-state index contributed by atoms with van der Waals surface area (Å²) < 4.78 is 0. The van der Waals surface area contributed by atoms with E-state index in [1.165, 1.54) is 0 Å². The second kappa shape index (κ2) is 13.2. The van der Waals surface area contributed by atoms with Gasteiger partial charge in [0.2, 0.25) is 0 Å². The zero-order valence-corrected chi connectivity index (χ0v) is 29.5. The number of fused-ring (bicyclic) bond motifs is 2. The van der Waals surface area contributed by atoms with Crippen molar-refractivity contribution in [3.8, 4) is 22.5 Å². The molecule has 1 fully saturated rings. The summed E-state index contributed by atoms with van der Waals surface area (Å²) in [5.74, 6) is -0.185. The average molecular weight is 661 g/mol. The van der Waals surface area contributed by atoms with Crippen molar-refractivity contribution in [2.24, 2.45) is 10.8 Å². The van der Waals surface area contributed by atoms with E-state index in [1.54, 1.807) is 0 Å². The van der Waals surface area contributed by atoms with E-state index in [4.69, 9.17) is 9.97 Å². The monoisotopic (exact) mass is 660 g/mol. The van der Waals surface area contributed by atoms with E-state index in [2.05, 4.69) is 31.4 Å². The van der Waals surface area contributed by atoms with Crippen LogP contribution in [0.4, 0.5) is 0 Å². The van der Waals surface area contributed by atoms with Gasteiger partial charge in [0, 0.05) is 34.5 Å². The number of hydrogen-bond acceptors (Lipinski definition) is 4. The van der Waals surface area contributed by atoms with Gasteiger partial charge >= 0.3 is 0 Å². The number of para-hydroxylation sites is 2. The Bertz CT molecular complexity index is 2230. The lowest BCUT2D eigenvalue weighted by Crippen LogP contribution is -2.50. The van der Waals surface area contributed by atoms with Gasteiger partial charge in [-0.3, -0.25) is 9.59 Å². The molecule has 2 heterocycles. The standard InChI is InChI=1S/C44H44N4O2/c1-28-37(33-20-12-14-22-35(33)47-39(28)30-16-8-6-9-17-30)41(49)45-27-44(5)25-32(24-43(3,4)26-44)46-42(50)38-29(2)40(31-18-10-7-11-19-31)48-36-23-15-13-21-34(36)38/h6-23,32H,24-27H2,1-5H3,(H,45,49)(H,46,50). The normalized spacial score (nSPS) is 18.5. The molecule has 1 aliphatic rings. The highest BCUT2D eigenvalue weighted by Crippen LogP contribution is 2.46. The second-order valence-corrected chi connectivity index (χ2v) is 15.1. The number of nitrogens with zero attached hydrogens (tertiary/aromatic N) is 2. The fourth-order valence-electron chi connectivity index (χ4n) is 8.46. The summed E-state index contributed by atoms with van der Waals surface area (Å²) in [5, 5.41) is 8.48. The quantitative estimate of drug-likeness (QED) is 0.179. The number of nitrogens with one attached hydrogen (secondary N) is 2. The Morgan fingerprint density at radius 3 is 1.62 bits per heavy atom. The zero-order valence-electron chi connectivity index (χ0n) is 29.5. The number of aromatic nitrogens is 2. The van der Waals surface area contributed by atoms with E-state index in [0.717, 1.165) is 74.7 Å². The molecule has 6 nitrogen and oxygen atoms in total. The molecule has 2 atom stereocenters. The van der Waals surface area contributed by atoms with E-state index in [1.807, 2.05) is 123 Å². The van der Waals surface area contributed by atoms with Crippen molar-refractivity contribution in [1.29, 1.82) is 0 Å². The van der Waals surface area contributed by atoms with Crippen molar-refractivity contribution in [2.75, 3.05) is 6.54 Å². The molecule has 2 aromatic heterocycles. The minimum Gasteiger partial charge on any atom is -0.351 e. The molecular weight excluding hydrogens is 617 g/mol. The number of amides is 2. The van der Waals surface area contributed by atoms with E-state index in [9.17, 15) is 9.59 Å². The van der Waals surface area contributed by atoms with Crippen LogP contribution in [0.3, 0.4) is 0 Å². The highest BCUT2D eigenvalue weighted by atomic mass is 16.2. The summed E-state index contributed by atoms with van der Waals surface area (Å²) >= 11 is 0. The smallest absolute Gasteiger partial charge is 0.252 e. The third-order valence-electron chi connectivity index (χ3n) is 10.3. The molecule has 6 aromatic rings. The molecule has 252 valence electrons. The maximum atomic E-state index is 14.3. The number of carbonyl (C=O) groups is 2. The van der Waals surface area contributed by atoms with Gasteiger partial charge in [-0.15, -0.1) is 0 Å². The molecule has 6 heteroatoms. The molecule has 0 aliphatic heterocycles. The van der Waals surface area contributed by atoms with Crippen molar-refractivity contribution >= 4 is 33.6 Å². The topological polar surface area (TPSA) is 84.0 Å². The Kier molecular flexibility index (Phi) is 8.73. The lowest BCUT2D eigenvalue weighted by atomic mass is 9.62. The minimum atomic E-state index is -0.237. The number of hydrogen-bond donors (Lipinski definition) is 2. The Labute approximate surface area is 294 Å². The first kappa shape index (κ1) is 33.2. The van der Waals surface area contributed by atoms with Crippen LogP contribution in [0, 0.1) is 24.7 Å². The van der Waals surface area contributed by atoms with Crippen LogP contribution < -0.4 is 10.6 Å². The Morgan fingerprint density at radius 2 is 1.10 bits per heavy atom. The Morgan fingerprint density at radius 1 is 0.640 bits per heavy atom. The molecule has 0 saturated heterocycles. The fraction of sp³-hybridized carbons (Fsp3) is 0.273.